The van der Waals surface area contributed by atoms with Gasteiger partial charge in [-0.15, -0.1) is 0 Å². The highest BCUT2D eigenvalue weighted by Gasteiger charge is 2.30. The van der Waals surface area contributed by atoms with Crippen molar-refractivity contribution < 1.29 is 8.78 Å². The van der Waals surface area contributed by atoms with E-state index in [0.29, 0.717) is 56.4 Å². The van der Waals surface area contributed by atoms with E-state index in [1.807, 2.05) is 183 Å². The fourth-order valence-corrected chi connectivity index (χ4v) is 11.3. The van der Waals surface area contributed by atoms with E-state index in [9.17, 15) is 10.5 Å². The zero-order chi connectivity index (χ0) is 52.2. The molecule has 0 spiro atoms. The van der Waals surface area contributed by atoms with Gasteiger partial charge in [0.15, 0.2) is 0 Å². The first-order valence-electron chi connectivity index (χ1n) is 25.3. The van der Waals surface area contributed by atoms with E-state index in [1.165, 1.54) is 0 Å². The van der Waals surface area contributed by atoms with Gasteiger partial charge in [-0.2, -0.15) is 10.5 Å². The fourth-order valence-electron chi connectivity index (χ4n) is 11.3. The summed E-state index contributed by atoms with van der Waals surface area (Å²) in [6.07, 6.45) is 0. The summed E-state index contributed by atoms with van der Waals surface area (Å²) in [6.45, 7) is 8.13. The molecule has 4 nitrogen and oxygen atoms in total. The van der Waals surface area contributed by atoms with E-state index >= 15 is 8.78 Å². The average molecular weight is 983 g/mol. The van der Waals surface area contributed by atoms with E-state index in [1.54, 1.807) is 24.3 Å². The molecule has 0 radical (unpaired) electrons. The molecule has 0 N–H and O–H groups in total. The van der Waals surface area contributed by atoms with Crippen LogP contribution >= 0.6 is 0 Å². The highest BCUT2D eigenvalue weighted by atomic mass is 19.1. The van der Waals surface area contributed by atoms with Crippen LogP contribution in [0.2, 0.25) is 0 Å². The van der Waals surface area contributed by atoms with Crippen LogP contribution in [0.3, 0.4) is 0 Å². The van der Waals surface area contributed by atoms with E-state index in [-0.39, 0.29) is 0 Å². The summed E-state index contributed by atoms with van der Waals surface area (Å²) in [5.41, 5.74) is 14.1. The van der Waals surface area contributed by atoms with Crippen molar-refractivity contribution in [2.75, 3.05) is 9.80 Å². The second-order valence-electron chi connectivity index (χ2n) is 19.5. The lowest BCUT2D eigenvalue weighted by Crippen LogP contribution is -2.16. The zero-order valence-electron chi connectivity index (χ0n) is 42.3. The Morgan fingerprint density at radius 1 is 0.329 bits per heavy atom. The van der Waals surface area contributed by atoms with Crippen LogP contribution in [0, 0.1) is 62.0 Å². The van der Waals surface area contributed by atoms with E-state index in [4.69, 9.17) is 0 Å². The Morgan fingerprint density at radius 3 is 1.03 bits per heavy atom. The molecule has 12 aromatic rings. The Bertz CT molecular complexity index is 4090. The smallest absolute Gasteiger partial charge is 0.148 e. The minimum atomic E-state index is -0.452. The number of aryl methyl sites for hydroxylation is 4. The molecule has 0 amide bonds. The van der Waals surface area contributed by atoms with Crippen molar-refractivity contribution in [2.24, 2.45) is 0 Å². The lowest BCUT2D eigenvalue weighted by molar-refractivity contribution is 0.629. The van der Waals surface area contributed by atoms with Crippen molar-refractivity contribution in [1.29, 1.82) is 10.5 Å². The summed E-state index contributed by atoms with van der Waals surface area (Å²) < 4.78 is 36.2. The third-order valence-electron chi connectivity index (χ3n) is 15.0. The van der Waals surface area contributed by atoms with Gasteiger partial charge < -0.3 is 9.80 Å². The van der Waals surface area contributed by atoms with Crippen LogP contribution < -0.4 is 9.80 Å². The number of benzene rings is 12. The lowest BCUT2D eigenvalue weighted by Gasteiger charge is -2.32. The number of anilines is 6. The van der Waals surface area contributed by atoms with Crippen LogP contribution in [0.15, 0.2) is 218 Å². The van der Waals surface area contributed by atoms with Crippen LogP contribution in [0.5, 0.6) is 0 Å². The molecule has 362 valence electrons. The van der Waals surface area contributed by atoms with Gasteiger partial charge in [0.25, 0.3) is 0 Å². The number of hydrogen-bond donors (Lipinski definition) is 0. The average Bonchev–Trinajstić information content (AvgIpc) is 3.60. The van der Waals surface area contributed by atoms with Gasteiger partial charge in [-0.05, 0) is 166 Å². The van der Waals surface area contributed by atoms with Gasteiger partial charge in [0.2, 0.25) is 0 Å². The van der Waals surface area contributed by atoms with Crippen molar-refractivity contribution in [3.05, 3.63) is 263 Å². The summed E-state index contributed by atoms with van der Waals surface area (Å²) in [6, 6.07) is 75.4. The SMILES string of the molecule is Cc1ccccc1-c1cc(F)c(N(c2ccccc2C#N)c2ccc3ccc4c(N(c5ccccc5C#N)c5c(F)cc(-c6ccccc6C)cc5-c5ccccc5C)ccc5ccc2c3c54)c(-c2ccccc2C)c1. The number of hydrogen-bond acceptors (Lipinski definition) is 4. The molecule has 0 heterocycles. The first-order chi connectivity index (χ1) is 37.1. The van der Waals surface area contributed by atoms with Gasteiger partial charge in [0.1, 0.15) is 23.8 Å². The molecule has 0 saturated heterocycles. The molecular formula is C70H48F2N4. The van der Waals surface area contributed by atoms with E-state index in [0.717, 1.165) is 88.0 Å². The standard InChI is InChI=1S/C70H48F2N4/c1-43-17-5-11-23-53(43)51-37-59(55-25-13-7-19-45(55)3)69(61(71)39-51)75(63-27-15-9-21-49(63)41-73)65-35-31-47-30-34-58-66(36-32-48-29-33-57(65)67(47)68(48)58)76(64-28-16-10-22-50(64)42-74)70-60(56-26-14-8-20-46(56)4)38-52(40-62(70)72)54-24-12-6-18-44(54)2/h5-40H,1-4H3. The topological polar surface area (TPSA) is 54.1 Å². The Hall–Kier alpha value is -9.88. The second-order valence-corrected chi connectivity index (χ2v) is 19.5. The van der Waals surface area contributed by atoms with E-state index in [2.05, 4.69) is 60.7 Å². The third-order valence-corrected chi connectivity index (χ3v) is 15.0. The Morgan fingerprint density at radius 2 is 0.658 bits per heavy atom. The number of nitriles is 2. The molecule has 12 aromatic carbocycles. The summed E-state index contributed by atoms with van der Waals surface area (Å²) in [4.78, 5) is 3.83. The molecule has 0 aromatic heterocycles. The van der Waals surface area contributed by atoms with E-state index < -0.39 is 11.6 Å². The summed E-state index contributed by atoms with van der Waals surface area (Å²) in [5, 5.41) is 27.0. The maximum absolute atomic E-state index is 18.1. The maximum atomic E-state index is 18.1. The molecule has 12 rings (SSSR count). The van der Waals surface area contributed by atoms with Gasteiger partial charge in [-0.25, -0.2) is 8.78 Å². The number of para-hydroxylation sites is 2. The van der Waals surface area contributed by atoms with Crippen molar-refractivity contribution in [3.8, 4) is 56.6 Å². The van der Waals surface area contributed by atoms with Gasteiger partial charge >= 0.3 is 0 Å². The third kappa shape index (κ3) is 7.87. The Balaban J connectivity index is 1.16. The Labute approximate surface area is 441 Å². The molecule has 0 fully saturated rings. The molecule has 0 saturated carbocycles. The highest BCUT2D eigenvalue weighted by molar-refractivity contribution is 6.28. The van der Waals surface area contributed by atoms with Gasteiger partial charge in [-0.3, -0.25) is 0 Å². The number of rotatable bonds is 10. The van der Waals surface area contributed by atoms with Crippen molar-refractivity contribution >= 4 is 66.4 Å². The highest BCUT2D eigenvalue weighted by Crippen LogP contribution is 2.53. The normalized spacial score (nSPS) is 11.3. The molecular weight excluding hydrogens is 935 g/mol. The molecule has 0 aliphatic rings. The molecule has 0 unspecified atom stereocenters. The van der Waals surface area contributed by atoms with Gasteiger partial charge in [0, 0.05) is 21.9 Å². The maximum Gasteiger partial charge on any atom is 0.148 e. The molecule has 0 bridgehead atoms. The summed E-state index contributed by atoms with van der Waals surface area (Å²) in [5.74, 6) is -0.905. The summed E-state index contributed by atoms with van der Waals surface area (Å²) >= 11 is 0. The quantitative estimate of drug-likeness (QED) is 0.128. The fraction of sp³-hybridized carbons (Fsp3) is 0.0571. The van der Waals surface area contributed by atoms with Gasteiger partial charge in [-0.1, -0.05) is 158 Å². The predicted molar refractivity (Wildman–Crippen MR) is 310 cm³/mol. The zero-order valence-corrected chi connectivity index (χ0v) is 42.3. The number of halogens is 2. The van der Waals surface area contributed by atoms with Crippen LogP contribution in [0.25, 0.3) is 76.8 Å². The van der Waals surface area contributed by atoms with Crippen LogP contribution in [-0.2, 0) is 0 Å². The Kier molecular flexibility index (Phi) is 11.9. The minimum Gasteiger partial charge on any atom is -0.305 e. The first-order valence-corrected chi connectivity index (χ1v) is 25.3. The first kappa shape index (κ1) is 47.1. The van der Waals surface area contributed by atoms with Crippen LogP contribution in [-0.4, -0.2) is 0 Å². The molecule has 76 heavy (non-hydrogen) atoms. The molecule has 0 atom stereocenters. The lowest BCUT2D eigenvalue weighted by atomic mass is 9.89. The second kappa shape index (κ2) is 19.2. The van der Waals surface area contributed by atoms with Crippen molar-refractivity contribution in [2.45, 2.75) is 27.7 Å². The van der Waals surface area contributed by atoms with Crippen molar-refractivity contribution in [3.63, 3.8) is 0 Å². The molecule has 0 aliphatic carbocycles. The van der Waals surface area contributed by atoms with Crippen molar-refractivity contribution in [1.82, 2.24) is 0 Å². The van der Waals surface area contributed by atoms with Crippen LogP contribution in [0.4, 0.5) is 42.9 Å². The summed E-state index contributed by atoms with van der Waals surface area (Å²) in [7, 11) is 0. The minimum absolute atomic E-state index is 0.303. The monoisotopic (exact) mass is 982 g/mol. The van der Waals surface area contributed by atoms with Gasteiger partial charge in [0.05, 0.1) is 45.3 Å². The van der Waals surface area contributed by atoms with Crippen LogP contribution in [0.1, 0.15) is 33.4 Å². The molecule has 0 aliphatic heterocycles. The molecule has 6 heteroatoms. The largest absolute Gasteiger partial charge is 0.305 e. The predicted octanol–water partition coefficient (Wildman–Crippen LogP) is 19.4. The number of nitrogens with zero attached hydrogens (tertiary/aromatic N) is 4.